The van der Waals surface area contributed by atoms with Crippen molar-refractivity contribution in [2.75, 3.05) is 0 Å². The van der Waals surface area contributed by atoms with Crippen LogP contribution in [0.5, 0.6) is 0 Å². The van der Waals surface area contributed by atoms with E-state index in [1.165, 1.54) is 15.2 Å². The molecule has 1 aromatic rings. The van der Waals surface area contributed by atoms with Gasteiger partial charge in [-0.3, -0.25) is 9.59 Å². The van der Waals surface area contributed by atoms with Crippen molar-refractivity contribution in [3.63, 3.8) is 0 Å². The van der Waals surface area contributed by atoms with Crippen molar-refractivity contribution in [3.8, 4) is 0 Å². The molecule has 0 bridgehead atoms. The van der Waals surface area contributed by atoms with Crippen molar-refractivity contribution in [3.05, 3.63) is 35.9 Å². The van der Waals surface area contributed by atoms with Crippen molar-refractivity contribution in [1.29, 1.82) is 0 Å². The molecule has 0 amide bonds. The molecule has 3 aliphatic heterocycles. The summed E-state index contributed by atoms with van der Waals surface area (Å²) in [6.45, 7) is 23.6. The zero-order valence-electron chi connectivity index (χ0n) is 36.7. The van der Waals surface area contributed by atoms with Crippen LogP contribution in [0.25, 0.3) is 0 Å². The Balaban J connectivity index is 0.000000353. The minimum absolute atomic E-state index is 0.154. The topological polar surface area (TPSA) is 149 Å². The van der Waals surface area contributed by atoms with Crippen LogP contribution in [0.2, 0.25) is 0 Å². The Morgan fingerprint density at radius 2 is 0.750 bits per heavy atom. The molecule has 3 fully saturated rings. The number of carbonyl (C=O) groups is 3. The van der Waals surface area contributed by atoms with Crippen molar-refractivity contribution in [2.45, 2.75) is 225 Å². The van der Waals surface area contributed by atoms with E-state index in [1.807, 2.05) is 101 Å². The lowest BCUT2D eigenvalue weighted by molar-refractivity contribution is -0.259. The molecule has 56 heavy (non-hydrogen) atoms. The van der Waals surface area contributed by atoms with Crippen molar-refractivity contribution >= 4 is 17.9 Å². The highest BCUT2D eigenvalue weighted by molar-refractivity contribution is 5.89. The smallest absolute Gasteiger partial charge is 0.338 e. The first-order valence-corrected chi connectivity index (χ1v) is 20.8. The molecule has 0 unspecified atom stereocenters. The molecule has 12 nitrogen and oxygen atoms in total. The fourth-order valence-corrected chi connectivity index (χ4v) is 9.32. The second-order valence-electron chi connectivity index (χ2n) is 20.3. The number of unbranched alkanes of at least 4 members (excludes halogenated alkanes) is 5. The summed E-state index contributed by atoms with van der Waals surface area (Å²) in [5.74, 6) is -0.605. The molecule has 3 heterocycles. The maximum Gasteiger partial charge on any atom is 0.338 e. The van der Waals surface area contributed by atoms with Crippen molar-refractivity contribution < 1.29 is 44.2 Å². The predicted octanol–water partition coefficient (Wildman–Crippen LogP) is 9.27. The number of esters is 3. The van der Waals surface area contributed by atoms with Gasteiger partial charge in [-0.15, -0.1) is 0 Å². The molecule has 4 rings (SSSR count). The van der Waals surface area contributed by atoms with Gasteiger partial charge in [0.25, 0.3) is 0 Å². The third-order valence-corrected chi connectivity index (χ3v) is 11.7. The van der Waals surface area contributed by atoms with Gasteiger partial charge in [-0.1, -0.05) is 43.9 Å². The Kier molecular flexibility index (Phi) is 16.2. The number of ether oxygens (including phenoxy) is 3. The summed E-state index contributed by atoms with van der Waals surface area (Å²) in [6.07, 6.45) is 9.66. The molecule has 0 aromatic heterocycles. The van der Waals surface area contributed by atoms with Crippen molar-refractivity contribution in [2.24, 2.45) is 0 Å². The molecule has 12 heteroatoms. The molecule has 0 spiro atoms. The van der Waals surface area contributed by atoms with Gasteiger partial charge in [-0.25, -0.2) is 4.79 Å². The Morgan fingerprint density at radius 1 is 0.482 bits per heavy atom. The standard InChI is InChI=1S/C28H52N2O6.C16H23NO3/c1-25(2)17-21(18-26(3,4)29(25)33)35-23(31)15-13-11-9-10-12-14-16-24(32)36-22-19-27(5,6)30(34)28(7,8)20-22;1-15(2)10-13(11-16(3,4)17(15)19)20-14(18)12-8-6-5-7-9-12/h21-22,33-34H,9-20H2,1-8H3;5-9,13,19H,10-11H2,1-4H3. The van der Waals surface area contributed by atoms with E-state index in [9.17, 15) is 30.0 Å². The summed E-state index contributed by atoms with van der Waals surface area (Å²) >= 11 is 0. The molecular weight excluding hydrogens is 714 g/mol. The number of piperidine rings is 3. The predicted molar refractivity (Wildman–Crippen MR) is 215 cm³/mol. The summed E-state index contributed by atoms with van der Waals surface area (Å²) in [5, 5.41) is 35.2. The lowest BCUT2D eigenvalue weighted by atomic mass is 9.80. The van der Waals surface area contributed by atoms with Gasteiger partial charge in [0.1, 0.15) is 18.3 Å². The zero-order chi connectivity index (χ0) is 42.3. The third-order valence-electron chi connectivity index (χ3n) is 11.7. The lowest BCUT2D eigenvalue weighted by Gasteiger charge is -2.50. The molecule has 0 radical (unpaired) electrons. The van der Waals surface area contributed by atoms with Crippen LogP contribution < -0.4 is 0 Å². The largest absolute Gasteiger partial charge is 0.462 e. The van der Waals surface area contributed by atoms with Crippen molar-refractivity contribution in [1.82, 2.24) is 15.2 Å². The molecule has 1 aromatic carbocycles. The second-order valence-corrected chi connectivity index (χ2v) is 20.3. The quantitative estimate of drug-likeness (QED) is 0.0993. The fourth-order valence-electron chi connectivity index (χ4n) is 9.32. The third kappa shape index (κ3) is 13.5. The fraction of sp³-hybridized carbons (Fsp3) is 0.795. The highest BCUT2D eigenvalue weighted by Gasteiger charge is 2.48. The highest BCUT2D eigenvalue weighted by Crippen LogP contribution is 2.40. The van der Waals surface area contributed by atoms with E-state index in [4.69, 9.17) is 14.2 Å². The average molecular weight is 790 g/mol. The van der Waals surface area contributed by atoms with E-state index in [0.717, 1.165) is 38.5 Å². The van der Waals surface area contributed by atoms with Crippen LogP contribution in [-0.4, -0.2) is 100 Å². The van der Waals surface area contributed by atoms with Gasteiger partial charge in [-0.05, 0) is 108 Å². The molecule has 3 N–H and O–H groups in total. The average Bonchev–Trinajstić information content (AvgIpc) is 3.06. The summed E-state index contributed by atoms with van der Waals surface area (Å²) in [5.41, 5.74) is -1.97. The molecule has 3 aliphatic rings. The summed E-state index contributed by atoms with van der Waals surface area (Å²) < 4.78 is 17.1. The first-order chi connectivity index (χ1) is 25.7. The summed E-state index contributed by atoms with van der Waals surface area (Å²) in [6, 6.07) is 9.01. The SMILES string of the molecule is CC1(C)CC(OC(=O)CCCCCCCCC(=O)OC2CC(C)(C)N(O)C(C)(C)C2)CC(C)(C)N1O.CC1(C)CC(OC(=O)c2ccccc2)CC(C)(C)N1O. The molecule has 0 saturated carbocycles. The number of hydrogen-bond donors (Lipinski definition) is 3. The van der Waals surface area contributed by atoms with Gasteiger partial charge >= 0.3 is 17.9 Å². The van der Waals surface area contributed by atoms with Gasteiger partial charge in [0.2, 0.25) is 0 Å². The normalized spacial score (nSPS) is 23.7. The maximum absolute atomic E-state index is 12.3. The molecular formula is C44H75N3O9. The van der Waals surface area contributed by atoms with Gasteiger partial charge in [0.05, 0.1) is 5.56 Å². The van der Waals surface area contributed by atoms with Crippen LogP contribution in [0.1, 0.15) is 183 Å². The molecule has 0 atom stereocenters. The highest BCUT2D eigenvalue weighted by atomic mass is 16.6. The molecule has 3 saturated heterocycles. The van der Waals surface area contributed by atoms with E-state index in [-0.39, 0.29) is 36.2 Å². The van der Waals surface area contributed by atoms with E-state index in [2.05, 4.69) is 0 Å². The van der Waals surface area contributed by atoms with Gasteiger partial charge in [-0.2, -0.15) is 15.2 Å². The molecule has 0 aliphatic carbocycles. The van der Waals surface area contributed by atoms with Crippen LogP contribution in [0.3, 0.4) is 0 Å². The minimum Gasteiger partial charge on any atom is -0.462 e. The van der Waals surface area contributed by atoms with E-state index < -0.39 is 33.2 Å². The zero-order valence-corrected chi connectivity index (χ0v) is 36.7. The number of carbonyl (C=O) groups excluding carboxylic acids is 3. The maximum atomic E-state index is 12.3. The van der Waals surface area contributed by atoms with E-state index >= 15 is 0 Å². The Morgan fingerprint density at radius 3 is 1.05 bits per heavy atom. The number of benzene rings is 1. The van der Waals surface area contributed by atoms with Gasteiger partial charge in [0.15, 0.2) is 0 Å². The minimum atomic E-state index is -0.427. The number of nitrogens with zero attached hydrogens (tertiary/aromatic N) is 3. The van der Waals surface area contributed by atoms with Crippen LogP contribution in [0.15, 0.2) is 30.3 Å². The van der Waals surface area contributed by atoms with Gasteiger partial charge in [0, 0.05) is 84.6 Å². The van der Waals surface area contributed by atoms with Crippen LogP contribution >= 0.6 is 0 Å². The summed E-state index contributed by atoms with van der Waals surface area (Å²) in [4.78, 5) is 36.8. The Bertz CT molecular complexity index is 1330. The number of hydroxylamine groups is 6. The molecule has 320 valence electrons. The van der Waals surface area contributed by atoms with E-state index in [1.54, 1.807) is 12.1 Å². The number of hydrogen-bond acceptors (Lipinski definition) is 12. The second kappa shape index (κ2) is 19.0. The monoisotopic (exact) mass is 790 g/mol. The Hall–Kier alpha value is -2.61. The number of rotatable bonds is 13. The first-order valence-electron chi connectivity index (χ1n) is 20.8. The Labute approximate surface area is 337 Å². The lowest BCUT2D eigenvalue weighted by Crippen LogP contribution is -2.60. The summed E-state index contributed by atoms with van der Waals surface area (Å²) in [7, 11) is 0. The van der Waals surface area contributed by atoms with Crippen LogP contribution in [0.4, 0.5) is 0 Å². The van der Waals surface area contributed by atoms with Crippen LogP contribution in [0, 0.1) is 0 Å². The van der Waals surface area contributed by atoms with Crippen LogP contribution in [-0.2, 0) is 23.8 Å². The van der Waals surface area contributed by atoms with E-state index in [0.29, 0.717) is 56.9 Å². The van der Waals surface area contributed by atoms with Gasteiger partial charge < -0.3 is 29.8 Å². The first kappa shape index (κ1) is 47.8.